The molecule has 1 heterocycles. The van der Waals surface area contributed by atoms with Crippen molar-refractivity contribution in [2.45, 2.75) is 32.2 Å². The zero-order chi connectivity index (χ0) is 17.5. The minimum atomic E-state index is -0.793. The molecule has 1 aliphatic heterocycles. The Kier molecular flexibility index (Phi) is 6.17. The van der Waals surface area contributed by atoms with Gasteiger partial charge in [-0.1, -0.05) is 12.1 Å². The highest BCUT2D eigenvalue weighted by molar-refractivity contribution is 5.94. The highest BCUT2D eigenvalue weighted by Crippen LogP contribution is 2.22. The Morgan fingerprint density at radius 2 is 1.96 bits per heavy atom. The van der Waals surface area contributed by atoms with Gasteiger partial charge < -0.3 is 21.1 Å². The fourth-order valence-electron chi connectivity index (χ4n) is 2.95. The van der Waals surface area contributed by atoms with Crippen LogP contribution in [-0.4, -0.2) is 41.0 Å². The molecule has 3 amide bonds. The van der Waals surface area contributed by atoms with Crippen LogP contribution in [0.25, 0.3) is 0 Å². The van der Waals surface area contributed by atoms with Crippen LogP contribution in [0.1, 0.15) is 41.6 Å². The van der Waals surface area contributed by atoms with E-state index in [1.54, 1.807) is 29.2 Å². The van der Waals surface area contributed by atoms with Crippen molar-refractivity contribution in [1.82, 2.24) is 10.2 Å². The second-order valence-corrected chi connectivity index (χ2v) is 6.11. The molecule has 4 N–H and O–H groups in total. The summed E-state index contributed by atoms with van der Waals surface area (Å²) in [6.07, 6.45) is 2.62. The summed E-state index contributed by atoms with van der Waals surface area (Å²) in [7, 11) is 0. The van der Waals surface area contributed by atoms with E-state index in [-0.39, 0.29) is 18.2 Å². The van der Waals surface area contributed by atoms with Gasteiger partial charge in [0.05, 0.1) is 0 Å². The zero-order valence-corrected chi connectivity index (χ0v) is 13.5. The average molecular weight is 333 g/mol. The molecule has 2 rings (SSSR count). The number of aliphatic carboxylic acids is 1. The van der Waals surface area contributed by atoms with Crippen LogP contribution in [0.5, 0.6) is 0 Å². The maximum Gasteiger partial charge on any atom is 0.312 e. The van der Waals surface area contributed by atoms with Gasteiger partial charge >= 0.3 is 12.0 Å². The molecule has 1 aromatic rings. The molecular formula is C17H23N3O4. The van der Waals surface area contributed by atoms with Crippen molar-refractivity contribution in [2.24, 2.45) is 11.7 Å². The standard InChI is InChI=1S/C17H23N3O4/c18-17(24)19-10-12-3-6-14(7-4-12)16(23)20-9-1-2-13(11-20)5-8-15(21)22/h3-4,6-7,13H,1-2,5,8-11H2,(H,21,22)(H3,18,19,24). The van der Waals surface area contributed by atoms with Crippen molar-refractivity contribution in [3.8, 4) is 0 Å². The molecule has 1 unspecified atom stereocenters. The second-order valence-electron chi connectivity index (χ2n) is 6.11. The number of rotatable bonds is 6. The highest BCUT2D eigenvalue weighted by atomic mass is 16.4. The molecule has 0 saturated carbocycles. The Balaban J connectivity index is 1.92. The number of urea groups is 1. The normalized spacial score (nSPS) is 17.3. The number of hydrogen-bond donors (Lipinski definition) is 3. The molecule has 1 aliphatic rings. The van der Waals surface area contributed by atoms with Crippen molar-refractivity contribution >= 4 is 17.9 Å². The number of amides is 3. The molecule has 24 heavy (non-hydrogen) atoms. The molecule has 0 bridgehead atoms. The molecular weight excluding hydrogens is 310 g/mol. The third-order valence-corrected chi connectivity index (χ3v) is 4.24. The van der Waals surface area contributed by atoms with Gasteiger partial charge in [0.2, 0.25) is 0 Å². The van der Waals surface area contributed by atoms with Gasteiger partial charge in [-0.2, -0.15) is 0 Å². The largest absolute Gasteiger partial charge is 0.481 e. The minimum Gasteiger partial charge on any atom is -0.481 e. The van der Waals surface area contributed by atoms with Crippen molar-refractivity contribution in [1.29, 1.82) is 0 Å². The lowest BCUT2D eigenvalue weighted by Gasteiger charge is -2.32. The number of hydrogen-bond acceptors (Lipinski definition) is 3. The predicted octanol–water partition coefficient (Wildman–Crippen LogP) is 1.57. The van der Waals surface area contributed by atoms with E-state index in [2.05, 4.69) is 5.32 Å². The molecule has 0 spiro atoms. The van der Waals surface area contributed by atoms with Crippen LogP contribution >= 0.6 is 0 Å². The number of benzene rings is 1. The van der Waals surface area contributed by atoms with Gasteiger partial charge in [0.25, 0.3) is 5.91 Å². The Morgan fingerprint density at radius 3 is 2.58 bits per heavy atom. The van der Waals surface area contributed by atoms with Crippen LogP contribution in [0, 0.1) is 5.92 Å². The zero-order valence-electron chi connectivity index (χ0n) is 13.5. The SMILES string of the molecule is NC(=O)NCc1ccc(C(=O)N2CCCC(CCC(=O)O)C2)cc1. The summed E-state index contributed by atoms with van der Waals surface area (Å²) in [4.78, 5) is 35.8. The lowest BCUT2D eigenvalue weighted by molar-refractivity contribution is -0.137. The number of nitrogens with one attached hydrogen (secondary N) is 1. The van der Waals surface area contributed by atoms with Gasteiger partial charge in [-0.3, -0.25) is 9.59 Å². The first-order valence-electron chi connectivity index (χ1n) is 8.09. The number of likely N-dealkylation sites (tertiary alicyclic amines) is 1. The summed E-state index contributed by atoms with van der Waals surface area (Å²) >= 11 is 0. The number of nitrogens with two attached hydrogens (primary N) is 1. The van der Waals surface area contributed by atoms with E-state index in [9.17, 15) is 14.4 Å². The summed E-state index contributed by atoms with van der Waals surface area (Å²) in [5.41, 5.74) is 6.48. The first kappa shape index (κ1) is 17.8. The summed E-state index contributed by atoms with van der Waals surface area (Å²) in [5, 5.41) is 11.3. The molecule has 0 radical (unpaired) electrons. The number of carboxylic acid groups (broad SMARTS) is 1. The smallest absolute Gasteiger partial charge is 0.312 e. The molecule has 1 fully saturated rings. The van der Waals surface area contributed by atoms with Crippen LogP contribution in [0.3, 0.4) is 0 Å². The average Bonchev–Trinajstić information content (AvgIpc) is 2.58. The highest BCUT2D eigenvalue weighted by Gasteiger charge is 2.24. The van der Waals surface area contributed by atoms with Gasteiger partial charge in [-0.15, -0.1) is 0 Å². The van der Waals surface area contributed by atoms with E-state index in [1.807, 2.05) is 0 Å². The van der Waals surface area contributed by atoms with E-state index in [0.717, 1.165) is 18.4 Å². The first-order valence-corrected chi connectivity index (χ1v) is 8.09. The molecule has 7 heteroatoms. The van der Waals surface area contributed by atoms with Crippen LogP contribution in [-0.2, 0) is 11.3 Å². The second kappa shape index (κ2) is 8.33. The quantitative estimate of drug-likeness (QED) is 0.733. The van der Waals surface area contributed by atoms with Crippen molar-refractivity contribution in [3.05, 3.63) is 35.4 Å². The number of primary amides is 1. The maximum absolute atomic E-state index is 12.6. The fraction of sp³-hybridized carbons (Fsp3) is 0.471. The van der Waals surface area contributed by atoms with Gasteiger partial charge in [-0.05, 0) is 42.9 Å². The Labute approximate surface area is 140 Å². The summed E-state index contributed by atoms with van der Waals surface area (Å²) in [6, 6.07) is 6.46. The van der Waals surface area contributed by atoms with Gasteiger partial charge in [-0.25, -0.2) is 4.79 Å². The molecule has 1 saturated heterocycles. The molecule has 130 valence electrons. The first-order chi connectivity index (χ1) is 11.5. The van der Waals surface area contributed by atoms with Crippen molar-refractivity contribution < 1.29 is 19.5 Å². The summed E-state index contributed by atoms with van der Waals surface area (Å²) < 4.78 is 0. The van der Waals surface area contributed by atoms with E-state index < -0.39 is 12.0 Å². The lowest BCUT2D eigenvalue weighted by Crippen LogP contribution is -2.40. The third kappa shape index (κ3) is 5.26. The summed E-state index contributed by atoms with van der Waals surface area (Å²) in [6.45, 7) is 1.63. The molecule has 1 atom stereocenters. The van der Waals surface area contributed by atoms with Crippen molar-refractivity contribution in [3.63, 3.8) is 0 Å². The van der Waals surface area contributed by atoms with Crippen LogP contribution in [0.15, 0.2) is 24.3 Å². The number of carboxylic acids is 1. The number of carbonyl (C=O) groups is 3. The summed E-state index contributed by atoms with van der Waals surface area (Å²) in [5.74, 6) is -0.583. The van der Waals surface area contributed by atoms with E-state index >= 15 is 0 Å². The number of piperidine rings is 1. The number of nitrogens with zero attached hydrogens (tertiary/aromatic N) is 1. The third-order valence-electron chi connectivity index (χ3n) is 4.24. The van der Waals surface area contributed by atoms with Gasteiger partial charge in [0.15, 0.2) is 0 Å². The lowest BCUT2D eigenvalue weighted by atomic mass is 9.93. The van der Waals surface area contributed by atoms with E-state index in [1.165, 1.54) is 0 Å². The predicted molar refractivity (Wildman–Crippen MR) is 88.4 cm³/mol. The molecule has 1 aromatic carbocycles. The Bertz CT molecular complexity index is 600. The Morgan fingerprint density at radius 1 is 1.25 bits per heavy atom. The maximum atomic E-state index is 12.6. The van der Waals surface area contributed by atoms with Crippen LogP contribution in [0.2, 0.25) is 0 Å². The number of carbonyl (C=O) groups excluding carboxylic acids is 2. The monoisotopic (exact) mass is 333 g/mol. The van der Waals surface area contributed by atoms with Crippen LogP contribution in [0.4, 0.5) is 4.79 Å². The Hall–Kier alpha value is -2.57. The van der Waals surface area contributed by atoms with E-state index in [4.69, 9.17) is 10.8 Å². The van der Waals surface area contributed by atoms with Gasteiger partial charge in [0, 0.05) is 31.6 Å². The van der Waals surface area contributed by atoms with Crippen molar-refractivity contribution in [2.75, 3.05) is 13.1 Å². The molecule has 0 aromatic heterocycles. The topological polar surface area (TPSA) is 113 Å². The van der Waals surface area contributed by atoms with Crippen LogP contribution < -0.4 is 11.1 Å². The van der Waals surface area contributed by atoms with E-state index in [0.29, 0.717) is 31.6 Å². The van der Waals surface area contributed by atoms with Gasteiger partial charge in [0.1, 0.15) is 0 Å². The molecule has 7 nitrogen and oxygen atoms in total. The molecule has 0 aliphatic carbocycles. The fourth-order valence-corrected chi connectivity index (χ4v) is 2.95. The minimum absolute atomic E-state index is 0.0376.